The molecule has 8 nitrogen and oxygen atoms in total. The van der Waals surface area contributed by atoms with Crippen LogP contribution < -0.4 is 4.80 Å². The number of rotatable bonds is 4. The van der Waals surface area contributed by atoms with Crippen LogP contribution in [0.1, 0.15) is 12.8 Å². The fraction of sp³-hybridized carbons (Fsp3) is 0.333. The van der Waals surface area contributed by atoms with Gasteiger partial charge in [0.05, 0.1) is 15.1 Å². The third-order valence-corrected chi connectivity index (χ3v) is 10.2. The summed E-state index contributed by atoms with van der Waals surface area (Å²) in [6.45, 7) is 0.223. The lowest BCUT2D eigenvalue weighted by atomic mass is 9.98. The minimum atomic E-state index is -4.01. The molecule has 0 N–H and O–H groups in total. The number of nitrogens with zero attached hydrogens (tertiary/aromatic N) is 3. The number of thiazole rings is 1. The minimum absolute atomic E-state index is 0.112. The van der Waals surface area contributed by atoms with Crippen LogP contribution in [0.4, 0.5) is 0 Å². The van der Waals surface area contributed by atoms with Gasteiger partial charge in [-0.3, -0.25) is 4.79 Å². The van der Waals surface area contributed by atoms with Crippen molar-refractivity contribution in [1.29, 1.82) is 0 Å². The molecule has 12 heteroatoms. The number of hydrogen-bond donors (Lipinski definition) is 0. The third-order valence-electron chi connectivity index (χ3n) is 5.65. The Morgan fingerprint density at radius 2 is 1.70 bits per heavy atom. The van der Waals surface area contributed by atoms with Gasteiger partial charge in [-0.05, 0) is 43.2 Å². The van der Waals surface area contributed by atoms with Gasteiger partial charge in [0.25, 0.3) is 5.91 Å². The number of aryl methyl sites for hydroxylation is 1. The molecule has 2 aromatic carbocycles. The summed E-state index contributed by atoms with van der Waals surface area (Å²) in [7, 11) is -5.90. The second-order valence-corrected chi connectivity index (χ2v) is 13.2. The van der Waals surface area contributed by atoms with Gasteiger partial charge in [0.2, 0.25) is 10.0 Å². The van der Waals surface area contributed by atoms with Crippen LogP contribution in [-0.4, -0.2) is 51.0 Å². The number of piperidine rings is 1. The highest BCUT2D eigenvalue weighted by Crippen LogP contribution is 2.28. The molecule has 4 rings (SSSR count). The molecule has 176 valence electrons. The predicted molar refractivity (Wildman–Crippen MR) is 127 cm³/mol. The van der Waals surface area contributed by atoms with Gasteiger partial charge in [0.15, 0.2) is 14.6 Å². The molecule has 0 saturated carbocycles. The molecule has 1 fully saturated rings. The SMILES string of the molecule is Cn1c(=NC(=O)C2CCN(S(=O)(=O)c3ccccc3S(C)(=O)=O)CC2)sc2cc(Cl)ccc21. The summed E-state index contributed by atoms with van der Waals surface area (Å²) in [6.07, 6.45) is 1.60. The van der Waals surface area contributed by atoms with Crippen LogP contribution in [0.25, 0.3) is 10.2 Å². The third kappa shape index (κ3) is 4.78. The molecule has 2 heterocycles. The average Bonchev–Trinajstić information content (AvgIpc) is 3.07. The number of fused-ring (bicyclic) bond motifs is 1. The number of hydrogen-bond acceptors (Lipinski definition) is 6. The monoisotopic (exact) mass is 527 g/mol. The molecule has 0 unspecified atom stereocenters. The van der Waals surface area contributed by atoms with E-state index in [0.29, 0.717) is 22.7 Å². The van der Waals surface area contributed by atoms with Crippen LogP contribution in [-0.2, 0) is 31.7 Å². The number of aromatic nitrogens is 1. The highest BCUT2D eigenvalue weighted by molar-refractivity contribution is 7.93. The van der Waals surface area contributed by atoms with Crippen LogP contribution >= 0.6 is 22.9 Å². The molecule has 0 atom stereocenters. The second-order valence-electron chi connectivity index (χ2n) is 7.90. The molecular weight excluding hydrogens is 506 g/mol. The zero-order valence-corrected chi connectivity index (χ0v) is 21.1. The van der Waals surface area contributed by atoms with Crippen LogP contribution in [0.3, 0.4) is 0 Å². The Bertz CT molecular complexity index is 1520. The Morgan fingerprint density at radius 1 is 1.06 bits per heavy atom. The number of amides is 1. The first-order chi connectivity index (χ1) is 15.5. The molecular formula is C21H22ClN3O5S3. The number of carbonyl (C=O) groups excluding carboxylic acids is 1. The molecule has 1 aliphatic heterocycles. The van der Waals surface area contributed by atoms with Crippen LogP contribution in [0, 0.1) is 5.92 Å². The maximum atomic E-state index is 13.1. The fourth-order valence-electron chi connectivity index (χ4n) is 3.85. The molecule has 0 radical (unpaired) electrons. The Kier molecular flexibility index (Phi) is 6.53. The van der Waals surface area contributed by atoms with Crippen LogP contribution in [0.5, 0.6) is 0 Å². The van der Waals surface area contributed by atoms with Crippen molar-refractivity contribution in [2.24, 2.45) is 18.0 Å². The quantitative estimate of drug-likeness (QED) is 0.518. The van der Waals surface area contributed by atoms with Gasteiger partial charge in [0, 0.05) is 37.3 Å². The Labute approximate surface area is 201 Å². The molecule has 0 spiro atoms. The van der Waals surface area contributed by atoms with Gasteiger partial charge in [-0.15, -0.1) is 0 Å². The summed E-state index contributed by atoms with van der Waals surface area (Å²) in [5.74, 6) is -0.702. The Hall–Kier alpha value is -2.05. The molecule has 33 heavy (non-hydrogen) atoms. The lowest BCUT2D eigenvalue weighted by Gasteiger charge is -2.30. The van der Waals surface area contributed by atoms with Crippen molar-refractivity contribution in [3.8, 4) is 0 Å². The molecule has 3 aromatic rings. The van der Waals surface area contributed by atoms with E-state index in [4.69, 9.17) is 11.6 Å². The minimum Gasteiger partial charge on any atom is -0.319 e. The van der Waals surface area contributed by atoms with E-state index >= 15 is 0 Å². The van der Waals surface area contributed by atoms with Crippen molar-refractivity contribution in [1.82, 2.24) is 8.87 Å². The lowest BCUT2D eigenvalue weighted by molar-refractivity contribution is -0.122. The molecule has 1 saturated heterocycles. The summed E-state index contributed by atoms with van der Waals surface area (Å²) < 4.78 is 54.4. The van der Waals surface area contributed by atoms with Crippen molar-refractivity contribution in [3.63, 3.8) is 0 Å². The summed E-state index contributed by atoms with van der Waals surface area (Å²) >= 11 is 7.41. The number of carbonyl (C=O) groups is 1. The van der Waals surface area contributed by atoms with Crippen molar-refractivity contribution >= 4 is 58.9 Å². The Balaban J connectivity index is 1.53. The number of sulfone groups is 1. The van der Waals surface area contributed by atoms with Crippen molar-refractivity contribution < 1.29 is 21.6 Å². The summed E-state index contributed by atoms with van der Waals surface area (Å²) in [5, 5.41) is 0.605. The van der Waals surface area contributed by atoms with Crippen molar-refractivity contribution in [2.45, 2.75) is 22.6 Å². The topological polar surface area (TPSA) is 106 Å². The number of benzene rings is 2. The van der Waals surface area contributed by atoms with E-state index in [2.05, 4.69) is 4.99 Å². The molecule has 1 aromatic heterocycles. The first-order valence-corrected chi connectivity index (χ1v) is 14.6. The highest BCUT2D eigenvalue weighted by Gasteiger charge is 2.34. The zero-order chi connectivity index (χ0) is 24.0. The average molecular weight is 528 g/mol. The molecule has 1 amide bonds. The summed E-state index contributed by atoms with van der Waals surface area (Å²) in [6, 6.07) is 11.0. The summed E-state index contributed by atoms with van der Waals surface area (Å²) in [4.78, 5) is 17.2. The van der Waals surface area contributed by atoms with E-state index in [0.717, 1.165) is 16.5 Å². The van der Waals surface area contributed by atoms with Crippen molar-refractivity contribution in [2.75, 3.05) is 19.3 Å². The smallest absolute Gasteiger partial charge is 0.251 e. The first-order valence-electron chi connectivity index (χ1n) is 10.1. The van der Waals surface area contributed by atoms with Gasteiger partial charge in [-0.25, -0.2) is 16.8 Å². The van der Waals surface area contributed by atoms with E-state index in [1.165, 1.54) is 39.9 Å². The van der Waals surface area contributed by atoms with E-state index in [-0.39, 0.29) is 28.8 Å². The van der Waals surface area contributed by atoms with E-state index in [9.17, 15) is 21.6 Å². The highest BCUT2D eigenvalue weighted by atomic mass is 35.5. The van der Waals surface area contributed by atoms with Gasteiger partial charge >= 0.3 is 0 Å². The van der Waals surface area contributed by atoms with Gasteiger partial charge in [0.1, 0.15) is 4.90 Å². The zero-order valence-electron chi connectivity index (χ0n) is 17.9. The summed E-state index contributed by atoms with van der Waals surface area (Å²) in [5.41, 5.74) is 0.918. The molecule has 0 aliphatic carbocycles. The number of sulfonamides is 1. The molecule has 0 bridgehead atoms. The van der Waals surface area contributed by atoms with E-state index in [1.54, 1.807) is 6.07 Å². The fourth-order valence-corrected chi connectivity index (χ4v) is 8.22. The first kappa shape index (κ1) is 24.1. The largest absolute Gasteiger partial charge is 0.319 e. The maximum absolute atomic E-state index is 13.1. The van der Waals surface area contributed by atoms with Gasteiger partial charge in [-0.2, -0.15) is 9.30 Å². The van der Waals surface area contributed by atoms with E-state index < -0.39 is 25.8 Å². The van der Waals surface area contributed by atoms with Crippen molar-refractivity contribution in [3.05, 3.63) is 52.3 Å². The van der Waals surface area contributed by atoms with Gasteiger partial charge < -0.3 is 4.57 Å². The number of halogens is 1. The lowest BCUT2D eigenvalue weighted by Crippen LogP contribution is -2.40. The normalized spacial score (nSPS) is 17.0. The van der Waals surface area contributed by atoms with E-state index in [1.807, 2.05) is 23.7 Å². The maximum Gasteiger partial charge on any atom is 0.251 e. The predicted octanol–water partition coefficient (Wildman–Crippen LogP) is 2.82. The molecule has 1 aliphatic rings. The second kappa shape index (κ2) is 8.95. The Morgan fingerprint density at radius 3 is 2.33 bits per heavy atom. The van der Waals surface area contributed by atoms with Crippen LogP contribution in [0.15, 0.2) is 57.2 Å². The van der Waals surface area contributed by atoms with Crippen LogP contribution in [0.2, 0.25) is 5.02 Å². The van der Waals surface area contributed by atoms with Gasteiger partial charge in [-0.1, -0.05) is 35.1 Å². The standard InChI is InChI=1S/C21H22ClN3O5S3/c1-24-16-8-7-15(22)13-17(16)31-21(24)23-20(26)14-9-11-25(12-10-14)33(29,30)19-6-4-3-5-18(19)32(2,27)28/h3-8,13-14H,9-12H2,1-2H3.